The molecule has 4 rings (SSSR count). The first-order chi connectivity index (χ1) is 14.7. The summed E-state index contributed by atoms with van der Waals surface area (Å²) in [5, 5.41) is 4.20. The highest BCUT2D eigenvalue weighted by molar-refractivity contribution is 7.11. The quantitative estimate of drug-likeness (QED) is 0.531. The second-order valence-electron chi connectivity index (χ2n) is 7.96. The molecule has 1 aromatic carbocycles. The average Bonchev–Trinajstić information content (AvgIpc) is 3.29. The molecule has 7 heteroatoms. The molecule has 1 aliphatic rings. The van der Waals surface area contributed by atoms with Crippen molar-refractivity contribution in [3.05, 3.63) is 50.3 Å². The van der Waals surface area contributed by atoms with Crippen LogP contribution in [0.2, 0.25) is 0 Å². The van der Waals surface area contributed by atoms with E-state index in [1.807, 2.05) is 35.6 Å². The van der Waals surface area contributed by atoms with Crippen LogP contribution in [0.1, 0.15) is 54.6 Å². The van der Waals surface area contributed by atoms with Crippen molar-refractivity contribution >= 4 is 28.3 Å². The number of imidazole rings is 1. The Balaban J connectivity index is 1.27. The molecule has 30 heavy (non-hydrogen) atoms. The van der Waals surface area contributed by atoms with Gasteiger partial charge in [0.2, 0.25) is 5.91 Å². The number of nitrogens with zero attached hydrogens (tertiary/aromatic N) is 3. The molecule has 1 amide bonds. The van der Waals surface area contributed by atoms with Crippen LogP contribution in [-0.2, 0) is 37.1 Å². The smallest absolute Gasteiger partial charge is 0.329 e. The van der Waals surface area contributed by atoms with E-state index in [2.05, 4.69) is 12.2 Å². The molecule has 2 aromatic heterocycles. The monoisotopic (exact) mass is 426 g/mol. The first kappa shape index (κ1) is 20.8. The third-order valence-electron chi connectivity index (χ3n) is 5.71. The molecule has 0 radical (unpaired) electrons. The molecule has 0 saturated heterocycles. The maximum Gasteiger partial charge on any atom is 0.329 e. The SMILES string of the molecule is CCCn1c(=O)n(CCC(=O)NCCCc2nc3c(s2)CCCC3)c2ccccc21. The van der Waals surface area contributed by atoms with Crippen LogP contribution in [-0.4, -0.2) is 26.6 Å². The first-order valence-corrected chi connectivity index (χ1v) is 11.9. The van der Waals surface area contributed by atoms with Gasteiger partial charge >= 0.3 is 5.69 Å². The Hall–Kier alpha value is -2.41. The number of hydrogen-bond donors (Lipinski definition) is 1. The van der Waals surface area contributed by atoms with E-state index in [4.69, 9.17) is 4.98 Å². The molecule has 1 N–H and O–H groups in total. The van der Waals surface area contributed by atoms with E-state index in [0.29, 0.717) is 26.1 Å². The zero-order valence-corrected chi connectivity index (χ0v) is 18.5. The Bertz CT molecular complexity index is 1060. The molecular formula is C23H30N4O2S. The number of benzene rings is 1. The zero-order chi connectivity index (χ0) is 20.9. The molecule has 0 fully saturated rings. The van der Waals surface area contributed by atoms with Gasteiger partial charge in [0, 0.05) is 37.4 Å². The van der Waals surface area contributed by atoms with Crippen LogP contribution >= 0.6 is 11.3 Å². The minimum atomic E-state index is -0.0291. The normalized spacial score (nSPS) is 13.5. The molecule has 1 aliphatic carbocycles. The van der Waals surface area contributed by atoms with Gasteiger partial charge in [0.05, 0.1) is 21.7 Å². The van der Waals surface area contributed by atoms with E-state index in [9.17, 15) is 9.59 Å². The number of aromatic nitrogens is 3. The van der Waals surface area contributed by atoms with E-state index in [1.165, 1.54) is 34.8 Å². The van der Waals surface area contributed by atoms with E-state index < -0.39 is 0 Å². The fourth-order valence-electron chi connectivity index (χ4n) is 4.21. The van der Waals surface area contributed by atoms with Gasteiger partial charge in [-0.1, -0.05) is 19.1 Å². The summed E-state index contributed by atoms with van der Waals surface area (Å²) in [6.07, 6.45) is 7.86. The summed E-state index contributed by atoms with van der Waals surface area (Å²) in [6.45, 7) is 3.81. The molecule has 0 atom stereocenters. The summed E-state index contributed by atoms with van der Waals surface area (Å²) >= 11 is 1.85. The maximum atomic E-state index is 12.8. The summed E-state index contributed by atoms with van der Waals surface area (Å²) in [7, 11) is 0. The molecule has 0 unspecified atom stereocenters. The summed E-state index contributed by atoms with van der Waals surface area (Å²) in [4.78, 5) is 31.3. The van der Waals surface area contributed by atoms with Gasteiger partial charge in [0.1, 0.15) is 0 Å². The molecule has 0 saturated carbocycles. The van der Waals surface area contributed by atoms with E-state index in [0.717, 1.165) is 36.7 Å². The van der Waals surface area contributed by atoms with Crippen LogP contribution in [0.4, 0.5) is 0 Å². The lowest BCUT2D eigenvalue weighted by molar-refractivity contribution is -0.121. The fourth-order valence-corrected chi connectivity index (χ4v) is 5.41. The standard InChI is InChI=1S/C23H30N4O2S/c1-2-15-26-18-9-4-5-10-19(18)27(23(26)29)16-13-21(28)24-14-7-12-22-25-17-8-3-6-11-20(17)30-22/h4-5,9-10H,2-3,6-8,11-16H2,1H3,(H,24,28). The molecule has 6 nitrogen and oxygen atoms in total. The van der Waals surface area contributed by atoms with Gasteiger partial charge < -0.3 is 5.32 Å². The maximum absolute atomic E-state index is 12.8. The molecule has 160 valence electrons. The lowest BCUT2D eigenvalue weighted by Gasteiger charge is -2.06. The number of aryl methyl sites for hydroxylation is 5. The summed E-state index contributed by atoms with van der Waals surface area (Å²) in [5.41, 5.74) is 3.11. The Morgan fingerprint density at radius 1 is 1.13 bits per heavy atom. The number of carbonyl (C=O) groups is 1. The van der Waals surface area contributed by atoms with Crippen molar-refractivity contribution in [2.45, 2.75) is 71.4 Å². The Kier molecular flexibility index (Phi) is 6.67. The van der Waals surface area contributed by atoms with Crippen LogP contribution in [0.15, 0.2) is 29.1 Å². The van der Waals surface area contributed by atoms with Crippen molar-refractivity contribution in [3.63, 3.8) is 0 Å². The van der Waals surface area contributed by atoms with Crippen LogP contribution in [0.3, 0.4) is 0 Å². The van der Waals surface area contributed by atoms with E-state index >= 15 is 0 Å². The molecular weight excluding hydrogens is 396 g/mol. The fraction of sp³-hybridized carbons (Fsp3) is 0.522. The van der Waals surface area contributed by atoms with Gasteiger partial charge in [-0.15, -0.1) is 11.3 Å². The van der Waals surface area contributed by atoms with Crippen LogP contribution in [0.5, 0.6) is 0 Å². The van der Waals surface area contributed by atoms with Crippen LogP contribution < -0.4 is 11.0 Å². The molecule has 3 aromatic rings. The van der Waals surface area contributed by atoms with Gasteiger partial charge in [-0.2, -0.15) is 0 Å². The minimum absolute atomic E-state index is 0.00680. The second-order valence-corrected chi connectivity index (χ2v) is 9.13. The number of hydrogen-bond acceptors (Lipinski definition) is 4. The van der Waals surface area contributed by atoms with Crippen LogP contribution in [0.25, 0.3) is 11.0 Å². The first-order valence-electron chi connectivity index (χ1n) is 11.1. The minimum Gasteiger partial charge on any atom is -0.356 e. The number of para-hydroxylation sites is 2. The Morgan fingerprint density at radius 3 is 2.60 bits per heavy atom. The van der Waals surface area contributed by atoms with Crippen molar-refractivity contribution in [1.29, 1.82) is 0 Å². The van der Waals surface area contributed by atoms with Crippen molar-refractivity contribution in [2.75, 3.05) is 6.54 Å². The molecule has 2 heterocycles. The topological polar surface area (TPSA) is 68.9 Å². The van der Waals surface area contributed by atoms with Crippen molar-refractivity contribution in [3.8, 4) is 0 Å². The number of rotatable bonds is 9. The number of carbonyl (C=O) groups excluding carboxylic acids is 1. The van der Waals surface area contributed by atoms with Crippen molar-refractivity contribution in [1.82, 2.24) is 19.4 Å². The molecule has 0 aliphatic heterocycles. The van der Waals surface area contributed by atoms with E-state index in [-0.39, 0.29) is 11.6 Å². The van der Waals surface area contributed by atoms with Crippen molar-refractivity contribution in [2.24, 2.45) is 0 Å². The highest BCUT2D eigenvalue weighted by atomic mass is 32.1. The predicted octanol–water partition coefficient (Wildman–Crippen LogP) is 3.69. The third-order valence-corrected chi connectivity index (χ3v) is 6.93. The van der Waals surface area contributed by atoms with Crippen LogP contribution in [0, 0.1) is 0 Å². The van der Waals surface area contributed by atoms with Gasteiger partial charge in [-0.05, 0) is 50.7 Å². The predicted molar refractivity (Wildman–Crippen MR) is 121 cm³/mol. The summed E-state index contributed by atoms with van der Waals surface area (Å²) < 4.78 is 3.53. The van der Waals surface area contributed by atoms with Gasteiger partial charge in [-0.3, -0.25) is 13.9 Å². The highest BCUT2D eigenvalue weighted by Crippen LogP contribution is 2.27. The third kappa shape index (κ3) is 4.51. The van der Waals surface area contributed by atoms with Gasteiger partial charge in [0.15, 0.2) is 0 Å². The van der Waals surface area contributed by atoms with E-state index in [1.54, 1.807) is 9.13 Å². The highest BCUT2D eigenvalue weighted by Gasteiger charge is 2.15. The summed E-state index contributed by atoms with van der Waals surface area (Å²) in [6, 6.07) is 7.81. The molecule has 0 spiro atoms. The largest absolute Gasteiger partial charge is 0.356 e. The van der Waals surface area contributed by atoms with Crippen molar-refractivity contribution < 1.29 is 4.79 Å². The Labute approximate surface area is 180 Å². The molecule has 0 bridgehead atoms. The average molecular weight is 427 g/mol. The number of thiazole rings is 1. The number of amides is 1. The second kappa shape index (κ2) is 9.60. The zero-order valence-electron chi connectivity index (χ0n) is 17.7. The summed E-state index contributed by atoms with van der Waals surface area (Å²) in [5.74, 6) is -0.00680. The lowest BCUT2D eigenvalue weighted by atomic mass is 10.0. The van der Waals surface area contributed by atoms with Gasteiger partial charge in [-0.25, -0.2) is 9.78 Å². The Morgan fingerprint density at radius 2 is 1.87 bits per heavy atom. The number of nitrogens with one attached hydrogen (secondary N) is 1. The lowest BCUT2D eigenvalue weighted by Crippen LogP contribution is -2.29. The number of fused-ring (bicyclic) bond motifs is 2. The van der Waals surface area contributed by atoms with Gasteiger partial charge in [0.25, 0.3) is 0 Å².